The predicted molar refractivity (Wildman–Crippen MR) is 86.5 cm³/mol. The van der Waals surface area contributed by atoms with E-state index in [4.69, 9.17) is 32.7 Å². The largest absolute Gasteiger partial charge is 0.491 e. The molecule has 0 aliphatic carbocycles. The van der Waals surface area contributed by atoms with Crippen molar-refractivity contribution in [1.82, 2.24) is 5.32 Å². The van der Waals surface area contributed by atoms with Crippen molar-refractivity contribution in [2.45, 2.75) is 32.5 Å². The lowest BCUT2D eigenvalue weighted by molar-refractivity contribution is -0.0112. The van der Waals surface area contributed by atoms with Crippen LogP contribution in [0.15, 0.2) is 18.2 Å². The van der Waals surface area contributed by atoms with Gasteiger partial charge in [-0.15, -0.1) is 0 Å². The third-order valence-corrected chi connectivity index (χ3v) is 3.54. The lowest BCUT2D eigenvalue weighted by atomic mass is 10.1. The van der Waals surface area contributed by atoms with Crippen LogP contribution in [0.4, 0.5) is 0 Å². The highest BCUT2D eigenvalue weighted by molar-refractivity contribution is 6.42. The lowest BCUT2D eigenvalue weighted by Gasteiger charge is -2.25. The Balaban J connectivity index is 2.27. The first kappa shape index (κ1) is 18.5. The van der Waals surface area contributed by atoms with E-state index in [1.165, 1.54) is 0 Å². The van der Waals surface area contributed by atoms with E-state index in [9.17, 15) is 5.11 Å². The molecule has 1 rings (SSSR count). The summed E-state index contributed by atoms with van der Waals surface area (Å²) in [6.45, 7) is 7.89. The first-order valence-electron chi connectivity index (χ1n) is 6.94. The summed E-state index contributed by atoms with van der Waals surface area (Å²) in [6.07, 6.45) is -0.614. The van der Waals surface area contributed by atoms with Crippen LogP contribution in [0.25, 0.3) is 0 Å². The van der Waals surface area contributed by atoms with Crippen molar-refractivity contribution < 1.29 is 14.6 Å². The fraction of sp³-hybridized carbons (Fsp3) is 0.600. The molecule has 0 aliphatic rings. The maximum Gasteiger partial charge on any atom is 0.121 e. The van der Waals surface area contributed by atoms with E-state index in [2.05, 4.69) is 5.32 Å². The van der Waals surface area contributed by atoms with Gasteiger partial charge in [-0.3, -0.25) is 0 Å². The quantitative estimate of drug-likeness (QED) is 0.727. The standard InChI is InChI=1S/C15H23Cl2NO3/c1-4-21-15(2,3)10-18-8-11(19)9-20-12-5-6-13(16)14(17)7-12/h5-7,11,18-19H,4,8-10H2,1-3H3. The minimum Gasteiger partial charge on any atom is -0.491 e. The SMILES string of the molecule is CCOC(C)(C)CNCC(O)COc1ccc(Cl)c(Cl)c1. The fourth-order valence-electron chi connectivity index (χ4n) is 1.80. The highest BCUT2D eigenvalue weighted by Gasteiger charge is 2.17. The van der Waals surface area contributed by atoms with E-state index in [1.54, 1.807) is 18.2 Å². The van der Waals surface area contributed by atoms with Crippen LogP contribution in [0.5, 0.6) is 5.75 Å². The van der Waals surface area contributed by atoms with Gasteiger partial charge in [0.15, 0.2) is 0 Å². The van der Waals surface area contributed by atoms with Crippen LogP contribution < -0.4 is 10.1 Å². The number of rotatable bonds is 9. The molecule has 0 fully saturated rings. The number of hydrogen-bond acceptors (Lipinski definition) is 4. The number of aliphatic hydroxyl groups excluding tert-OH is 1. The number of benzene rings is 1. The van der Waals surface area contributed by atoms with Crippen LogP contribution >= 0.6 is 23.2 Å². The molecule has 1 aromatic rings. The number of halogens is 2. The summed E-state index contributed by atoms with van der Waals surface area (Å²) >= 11 is 11.7. The van der Waals surface area contributed by atoms with Crippen molar-refractivity contribution in [3.05, 3.63) is 28.2 Å². The molecule has 4 nitrogen and oxygen atoms in total. The Morgan fingerprint density at radius 3 is 2.62 bits per heavy atom. The van der Waals surface area contributed by atoms with E-state index in [0.717, 1.165) is 0 Å². The maximum atomic E-state index is 9.87. The third-order valence-electron chi connectivity index (χ3n) is 2.80. The Bertz CT molecular complexity index is 441. The zero-order valence-electron chi connectivity index (χ0n) is 12.7. The first-order chi connectivity index (χ1) is 9.84. The van der Waals surface area contributed by atoms with Crippen molar-refractivity contribution in [1.29, 1.82) is 0 Å². The number of aliphatic hydroxyl groups is 1. The van der Waals surface area contributed by atoms with Crippen LogP contribution in [-0.2, 0) is 4.74 Å². The van der Waals surface area contributed by atoms with Gasteiger partial charge in [-0.2, -0.15) is 0 Å². The van der Waals surface area contributed by atoms with Crippen molar-refractivity contribution in [3.8, 4) is 5.75 Å². The molecule has 1 atom stereocenters. The first-order valence-corrected chi connectivity index (χ1v) is 7.70. The molecule has 0 aliphatic heterocycles. The molecule has 0 saturated heterocycles. The monoisotopic (exact) mass is 335 g/mol. The number of nitrogens with one attached hydrogen (secondary N) is 1. The molecule has 0 bridgehead atoms. The van der Waals surface area contributed by atoms with Crippen LogP contribution in [0.3, 0.4) is 0 Å². The second-order valence-electron chi connectivity index (χ2n) is 5.36. The Hall–Kier alpha value is -0.520. The molecular weight excluding hydrogens is 313 g/mol. The summed E-state index contributed by atoms with van der Waals surface area (Å²) in [7, 11) is 0. The van der Waals surface area contributed by atoms with E-state index in [-0.39, 0.29) is 12.2 Å². The molecule has 0 amide bonds. The van der Waals surface area contributed by atoms with Gasteiger partial charge in [0, 0.05) is 25.8 Å². The van der Waals surface area contributed by atoms with E-state index < -0.39 is 6.10 Å². The van der Waals surface area contributed by atoms with Gasteiger partial charge >= 0.3 is 0 Å². The molecule has 0 spiro atoms. The average molecular weight is 336 g/mol. The van der Waals surface area contributed by atoms with Gasteiger partial charge in [-0.1, -0.05) is 23.2 Å². The van der Waals surface area contributed by atoms with Gasteiger partial charge in [-0.25, -0.2) is 0 Å². The van der Waals surface area contributed by atoms with Gasteiger partial charge in [0.05, 0.1) is 15.6 Å². The summed E-state index contributed by atoms with van der Waals surface area (Å²) in [4.78, 5) is 0. The normalized spacial score (nSPS) is 13.2. The van der Waals surface area contributed by atoms with Crippen molar-refractivity contribution >= 4 is 23.2 Å². The van der Waals surface area contributed by atoms with E-state index in [1.807, 2.05) is 20.8 Å². The van der Waals surface area contributed by atoms with Gasteiger partial charge in [0.1, 0.15) is 18.5 Å². The maximum absolute atomic E-state index is 9.87. The summed E-state index contributed by atoms with van der Waals surface area (Å²) in [5.74, 6) is 0.582. The fourth-order valence-corrected chi connectivity index (χ4v) is 2.09. The topological polar surface area (TPSA) is 50.7 Å². The van der Waals surface area contributed by atoms with Crippen molar-refractivity contribution in [2.24, 2.45) is 0 Å². The molecule has 0 radical (unpaired) electrons. The summed E-state index contributed by atoms with van der Waals surface area (Å²) in [6, 6.07) is 5.00. The van der Waals surface area contributed by atoms with Crippen LogP contribution in [0.1, 0.15) is 20.8 Å². The van der Waals surface area contributed by atoms with Gasteiger partial charge in [0.25, 0.3) is 0 Å². The van der Waals surface area contributed by atoms with Crippen LogP contribution in [0.2, 0.25) is 10.0 Å². The molecule has 6 heteroatoms. The zero-order valence-corrected chi connectivity index (χ0v) is 14.2. The molecule has 0 saturated carbocycles. The smallest absolute Gasteiger partial charge is 0.121 e. The Kier molecular flexibility index (Phi) is 7.77. The average Bonchev–Trinajstić information content (AvgIpc) is 2.40. The highest BCUT2D eigenvalue weighted by Crippen LogP contribution is 2.26. The second-order valence-corrected chi connectivity index (χ2v) is 6.18. The zero-order chi connectivity index (χ0) is 15.9. The molecular formula is C15H23Cl2NO3. The molecule has 2 N–H and O–H groups in total. The Morgan fingerprint density at radius 2 is 2.00 bits per heavy atom. The third kappa shape index (κ3) is 7.34. The van der Waals surface area contributed by atoms with Gasteiger partial charge < -0.3 is 19.9 Å². The van der Waals surface area contributed by atoms with Crippen LogP contribution in [0, 0.1) is 0 Å². The lowest BCUT2D eigenvalue weighted by Crippen LogP contribution is -2.41. The highest BCUT2D eigenvalue weighted by atomic mass is 35.5. The second kappa shape index (κ2) is 8.81. The molecule has 0 heterocycles. The minimum absolute atomic E-state index is 0.181. The predicted octanol–water partition coefficient (Wildman–Crippen LogP) is 3.14. The molecule has 120 valence electrons. The summed E-state index contributed by atoms with van der Waals surface area (Å²) in [5.41, 5.74) is -0.251. The summed E-state index contributed by atoms with van der Waals surface area (Å²) < 4.78 is 11.0. The van der Waals surface area contributed by atoms with E-state index in [0.29, 0.717) is 35.5 Å². The molecule has 0 aromatic heterocycles. The number of hydrogen-bond donors (Lipinski definition) is 2. The van der Waals surface area contributed by atoms with Crippen molar-refractivity contribution in [3.63, 3.8) is 0 Å². The number of ether oxygens (including phenoxy) is 2. The Morgan fingerprint density at radius 1 is 1.29 bits per heavy atom. The molecule has 21 heavy (non-hydrogen) atoms. The van der Waals surface area contributed by atoms with Gasteiger partial charge in [0.2, 0.25) is 0 Å². The Labute approximate surface area is 136 Å². The molecule has 1 aromatic carbocycles. The minimum atomic E-state index is -0.614. The van der Waals surface area contributed by atoms with E-state index >= 15 is 0 Å². The van der Waals surface area contributed by atoms with Crippen molar-refractivity contribution in [2.75, 3.05) is 26.3 Å². The molecule has 1 unspecified atom stereocenters. The summed E-state index contributed by atoms with van der Waals surface area (Å²) in [5, 5.41) is 13.9. The van der Waals surface area contributed by atoms with Crippen LogP contribution in [-0.4, -0.2) is 43.1 Å². The van der Waals surface area contributed by atoms with Gasteiger partial charge in [-0.05, 0) is 32.9 Å².